The van der Waals surface area contributed by atoms with Crippen LogP contribution in [0, 0.1) is 0 Å². The zero-order chi connectivity index (χ0) is 16.4. The number of hydrogen-bond donors (Lipinski definition) is 1. The summed E-state index contributed by atoms with van der Waals surface area (Å²) >= 11 is 17.8. The first-order valence-corrected chi connectivity index (χ1v) is 7.47. The van der Waals surface area contributed by atoms with E-state index in [1.54, 1.807) is 12.1 Å². The SMILES string of the molecule is O=C(Cc1noc(-c2ccco2)n1)Nc1c(Cl)cc(Cl)cc1Cl. The van der Waals surface area contributed by atoms with Crippen LogP contribution in [0.4, 0.5) is 5.69 Å². The van der Waals surface area contributed by atoms with Crippen LogP contribution in [0.15, 0.2) is 39.5 Å². The summed E-state index contributed by atoms with van der Waals surface area (Å²) in [5.41, 5.74) is 0.275. The first-order valence-electron chi connectivity index (χ1n) is 6.34. The summed E-state index contributed by atoms with van der Waals surface area (Å²) in [6, 6.07) is 6.32. The Hall–Kier alpha value is -2.02. The van der Waals surface area contributed by atoms with Crippen molar-refractivity contribution < 1.29 is 13.7 Å². The first-order chi connectivity index (χ1) is 11.0. The second kappa shape index (κ2) is 6.62. The van der Waals surface area contributed by atoms with E-state index in [1.807, 2.05) is 0 Å². The lowest BCUT2D eigenvalue weighted by Crippen LogP contribution is -2.15. The van der Waals surface area contributed by atoms with E-state index < -0.39 is 5.91 Å². The normalized spacial score (nSPS) is 10.7. The maximum atomic E-state index is 12.1. The van der Waals surface area contributed by atoms with Crippen molar-refractivity contribution >= 4 is 46.4 Å². The van der Waals surface area contributed by atoms with Crippen LogP contribution in [0.5, 0.6) is 0 Å². The summed E-state index contributed by atoms with van der Waals surface area (Å²) in [7, 11) is 0. The highest BCUT2D eigenvalue weighted by Gasteiger charge is 2.16. The molecule has 118 valence electrons. The Balaban J connectivity index is 1.71. The van der Waals surface area contributed by atoms with Crippen molar-refractivity contribution in [1.29, 1.82) is 0 Å². The van der Waals surface area contributed by atoms with Crippen molar-refractivity contribution in [3.8, 4) is 11.7 Å². The molecule has 0 aliphatic carbocycles. The summed E-state index contributed by atoms with van der Waals surface area (Å²) in [6.07, 6.45) is 1.37. The number of anilines is 1. The molecule has 2 heterocycles. The zero-order valence-electron chi connectivity index (χ0n) is 11.3. The van der Waals surface area contributed by atoms with E-state index >= 15 is 0 Å². The van der Waals surface area contributed by atoms with Gasteiger partial charge in [-0.3, -0.25) is 4.79 Å². The molecule has 23 heavy (non-hydrogen) atoms. The van der Waals surface area contributed by atoms with E-state index in [9.17, 15) is 4.79 Å². The van der Waals surface area contributed by atoms with Crippen LogP contribution in [-0.4, -0.2) is 16.0 Å². The number of nitrogens with zero attached hydrogens (tertiary/aromatic N) is 2. The molecule has 9 heteroatoms. The Morgan fingerprint density at radius 1 is 1.22 bits per heavy atom. The molecule has 3 rings (SSSR count). The monoisotopic (exact) mass is 371 g/mol. The summed E-state index contributed by atoms with van der Waals surface area (Å²) in [4.78, 5) is 16.1. The van der Waals surface area contributed by atoms with Crippen molar-refractivity contribution in [3.63, 3.8) is 0 Å². The van der Waals surface area contributed by atoms with E-state index in [4.69, 9.17) is 43.7 Å². The van der Waals surface area contributed by atoms with E-state index in [0.717, 1.165) is 0 Å². The van der Waals surface area contributed by atoms with Gasteiger partial charge in [-0.15, -0.1) is 0 Å². The number of rotatable bonds is 4. The summed E-state index contributed by atoms with van der Waals surface area (Å²) in [5, 5.41) is 7.16. The molecular weight excluding hydrogens is 365 g/mol. The summed E-state index contributed by atoms with van der Waals surface area (Å²) in [5.74, 6) is 0.423. The minimum absolute atomic E-state index is 0.112. The fourth-order valence-electron chi connectivity index (χ4n) is 1.81. The molecule has 0 aliphatic heterocycles. The fourth-order valence-corrected chi connectivity index (χ4v) is 2.73. The van der Waals surface area contributed by atoms with Crippen molar-refractivity contribution in [1.82, 2.24) is 10.1 Å². The van der Waals surface area contributed by atoms with Gasteiger partial charge in [-0.05, 0) is 24.3 Å². The molecule has 0 aliphatic rings. The molecule has 0 spiro atoms. The number of amides is 1. The third kappa shape index (κ3) is 3.67. The van der Waals surface area contributed by atoms with Gasteiger partial charge in [0.1, 0.15) is 0 Å². The second-order valence-electron chi connectivity index (χ2n) is 4.46. The lowest BCUT2D eigenvalue weighted by molar-refractivity contribution is -0.115. The van der Waals surface area contributed by atoms with Gasteiger partial charge in [-0.1, -0.05) is 40.0 Å². The maximum absolute atomic E-state index is 12.1. The van der Waals surface area contributed by atoms with Crippen LogP contribution < -0.4 is 5.32 Å². The van der Waals surface area contributed by atoms with Gasteiger partial charge in [0.05, 0.1) is 28.4 Å². The van der Waals surface area contributed by atoms with E-state index in [-0.39, 0.29) is 33.9 Å². The fraction of sp³-hybridized carbons (Fsp3) is 0.0714. The third-order valence-electron chi connectivity index (χ3n) is 2.79. The molecule has 1 aromatic carbocycles. The molecule has 0 atom stereocenters. The average Bonchev–Trinajstić information content (AvgIpc) is 3.13. The molecule has 0 unspecified atom stereocenters. The number of aromatic nitrogens is 2. The molecule has 3 aromatic rings. The predicted molar refractivity (Wildman–Crippen MR) is 85.8 cm³/mol. The highest BCUT2D eigenvalue weighted by atomic mass is 35.5. The van der Waals surface area contributed by atoms with E-state index in [0.29, 0.717) is 10.8 Å². The van der Waals surface area contributed by atoms with Crippen molar-refractivity contribution in [2.75, 3.05) is 5.32 Å². The number of nitrogens with one attached hydrogen (secondary N) is 1. The van der Waals surface area contributed by atoms with Crippen LogP contribution >= 0.6 is 34.8 Å². The van der Waals surface area contributed by atoms with Crippen molar-refractivity contribution in [3.05, 3.63) is 51.4 Å². The topological polar surface area (TPSA) is 81.2 Å². The van der Waals surface area contributed by atoms with Gasteiger partial charge in [0.25, 0.3) is 5.89 Å². The molecule has 0 fully saturated rings. The van der Waals surface area contributed by atoms with Gasteiger partial charge in [0.2, 0.25) is 5.91 Å². The lowest BCUT2D eigenvalue weighted by atomic mass is 10.3. The molecule has 0 saturated heterocycles. The average molecular weight is 373 g/mol. The number of carbonyl (C=O) groups excluding carboxylic acids is 1. The molecule has 2 aromatic heterocycles. The van der Waals surface area contributed by atoms with Gasteiger partial charge in [-0.2, -0.15) is 4.98 Å². The number of benzene rings is 1. The number of carbonyl (C=O) groups is 1. The highest BCUT2D eigenvalue weighted by Crippen LogP contribution is 2.33. The molecule has 0 radical (unpaired) electrons. The number of furan rings is 1. The maximum Gasteiger partial charge on any atom is 0.293 e. The Labute approximate surface area is 145 Å². The Kier molecular flexibility index (Phi) is 4.56. The standard InChI is InChI=1S/C14H8Cl3N3O3/c15-7-4-8(16)13(9(17)5-7)19-12(21)6-11-18-14(23-20-11)10-2-1-3-22-10/h1-5H,6H2,(H,19,21). The Bertz CT molecular complexity index is 823. The molecule has 0 bridgehead atoms. The summed E-state index contributed by atoms with van der Waals surface area (Å²) in [6.45, 7) is 0. The predicted octanol–water partition coefficient (Wildman–Crippen LogP) is 4.47. The van der Waals surface area contributed by atoms with Gasteiger partial charge in [0.15, 0.2) is 11.6 Å². The van der Waals surface area contributed by atoms with E-state index in [2.05, 4.69) is 15.5 Å². The van der Waals surface area contributed by atoms with Crippen LogP contribution in [-0.2, 0) is 11.2 Å². The molecule has 0 saturated carbocycles. The molecule has 1 amide bonds. The Morgan fingerprint density at radius 3 is 2.61 bits per heavy atom. The number of hydrogen-bond acceptors (Lipinski definition) is 5. The largest absolute Gasteiger partial charge is 0.459 e. The second-order valence-corrected chi connectivity index (χ2v) is 5.71. The van der Waals surface area contributed by atoms with Gasteiger partial charge >= 0.3 is 0 Å². The summed E-state index contributed by atoms with van der Waals surface area (Å²) < 4.78 is 10.2. The van der Waals surface area contributed by atoms with Crippen LogP contribution in [0.1, 0.15) is 5.82 Å². The van der Waals surface area contributed by atoms with Crippen molar-refractivity contribution in [2.45, 2.75) is 6.42 Å². The molecule has 1 N–H and O–H groups in total. The van der Waals surface area contributed by atoms with Crippen LogP contribution in [0.2, 0.25) is 15.1 Å². The Morgan fingerprint density at radius 2 is 1.96 bits per heavy atom. The molecule has 6 nitrogen and oxygen atoms in total. The lowest BCUT2D eigenvalue weighted by Gasteiger charge is -2.08. The van der Waals surface area contributed by atoms with Crippen LogP contribution in [0.25, 0.3) is 11.7 Å². The molecular formula is C14H8Cl3N3O3. The highest BCUT2D eigenvalue weighted by molar-refractivity contribution is 6.42. The number of halogens is 3. The minimum Gasteiger partial charge on any atom is -0.459 e. The van der Waals surface area contributed by atoms with E-state index in [1.165, 1.54) is 18.4 Å². The third-order valence-corrected chi connectivity index (χ3v) is 3.60. The first kappa shape index (κ1) is 15.9. The van der Waals surface area contributed by atoms with Crippen LogP contribution in [0.3, 0.4) is 0 Å². The van der Waals surface area contributed by atoms with Gasteiger partial charge < -0.3 is 14.3 Å². The zero-order valence-corrected chi connectivity index (χ0v) is 13.6. The van der Waals surface area contributed by atoms with Crippen molar-refractivity contribution in [2.24, 2.45) is 0 Å². The minimum atomic E-state index is -0.400. The van der Waals surface area contributed by atoms with Gasteiger partial charge in [-0.25, -0.2) is 0 Å². The quantitative estimate of drug-likeness (QED) is 0.730. The smallest absolute Gasteiger partial charge is 0.293 e. The van der Waals surface area contributed by atoms with Gasteiger partial charge in [0, 0.05) is 5.02 Å².